The summed E-state index contributed by atoms with van der Waals surface area (Å²) in [5, 5.41) is 1.75. The molecule has 2 heterocycles. The van der Waals surface area contributed by atoms with Crippen LogP contribution in [-0.4, -0.2) is 44.0 Å². The summed E-state index contributed by atoms with van der Waals surface area (Å²) in [5.74, 6) is 0. The van der Waals surface area contributed by atoms with E-state index in [4.69, 9.17) is 18.0 Å². The van der Waals surface area contributed by atoms with Gasteiger partial charge in [-0.1, -0.05) is 12.2 Å². The van der Waals surface area contributed by atoms with Crippen molar-refractivity contribution in [1.29, 1.82) is 0 Å². The van der Waals surface area contributed by atoms with Crippen LogP contribution >= 0.6 is 39.5 Å². The predicted molar refractivity (Wildman–Crippen MR) is 88.6 cm³/mol. The number of nitrogens with two attached hydrogens (primary N) is 1. The smallest absolute Gasteiger partial charge is 0.251 e. The SMILES string of the molecule is NC(=S)CN1CCC(NS(=O)(=O)c2sccc2Br)CC1. The average Bonchev–Trinajstić information content (AvgIpc) is 2.78. The first-order valence-corrected chi connectivity index (χ1v) is 9.71. The van der Waals surface area contributed by atoms with Crippen molar-refractivity contribution in [2.24, 2.45) is 5.73 Å². The fourth-order valence-corrected chi connectivity index (χ4v) is 6.02. The topological polar surface area (TPSA) is 75.4 Å². The second-order valence-corrected chi connectivity index (χ2v) is 8.90. The number of thiophene rings is 1. The van der Waals surface area contributed by atoms with E-state index in [1.54, 1.807) is 11.4 Å². The lowest BCUT2D eigenvalue weighted by atomic mass is 10.1. The molecule has 20 heavy (non-hydrogen) atoms. The second kappa shape index (κ2) is 6.80. The number of likely N-dealkylation sites (tertiary alicyclic amines) is 1. The molecule has 2 rings (SSSR count). The van der Waals surface area contributed by atoms with Gasteiger partial charge in [-0.15, -0.1) is 11.3 Å². The largest absolute Gasteiger partial charge is 0.392 e. The van der Waals surface area contributed by atoms with E-state index in [1.807, 2.05) is 0 Å². The van der Waals surface area contributed by atoms with Crippen molar-refractivity contribution in [3.63, 3.8) is 0 Å². The summed E-state index contributed by atoms with van der Waals surface area (Å²) in [6.45, 7) is 2.21. The van der Waals surface area contributed by atoms with Crippen LogP contribution < -0.4 is 10.5 Å². The molecule has 1 saturated heterocycles. The molecule has 0 saturated carbocycles. The van der Waals surface area contributed by atoms with Crippen molar-refractivity contribution in [3.05, 3.63) is 15.9 Å². The van der Waals surface area contributed by atoms with Crippen LogP contribution in [0.2, 0.25) is 0 Å². The average molecular weight is 398 g/mol. The van der Waals surface area contributed by atoms with Crippen molar-refractivity contribution in [1.82, 2.24) is 9.62 Å². The lowest BCUT2D eigenvalue weighted by Gasteiger charge is -2.31. The van der Waals surface area contributed by atoms with Crippen LogP contribution in [0.1, 0.15) is 12.8 Å². The molecule has 0 aromatic carbocycles. The number of sulfonamides is 1. The molecule has 0 unspecified atom stereocenters. The lowest BCUT2D eigenvalue weighted by molar-refractivity contribution is 0.233. The molecule has 0 bridgehead atoms. The van der Waals surface area contributed by atoms with Crippen molar-refractivity contribution < 1.29 is 8.42 Å². The molecule has 0 aliphatic carbocycles. The first kappa shape index (κ1) is 16.3. The third-order valence-corrected chi connectivity index (χ3v) is 7.44. The second-order valence-electron chi connectivity index (χ2n) is 4.69. The monoisotopic (exact) mass is 397 g/mol. The van der Waals surface area contributed by atoms with Crippen LogP contribution in [0.5, 0.6) is 0 Å². The van der Waals surface area contributed by atoms with Crippen molar-refractivity contribution in [3.8, 4) is 0 Å². The maximum Gasteiger partial charge on any atom is 0.251 e. The van der Waals surface area contributed by atoms with Crippen molar-refractivity contribution >= 4 is 54.5 Å². The van der Waals surface area contributed by atoms with Gasteiger partial charge in [-0.05, 0) is 40.2 Å². The van der Waals surface area contributed by atoms with Gasteiger partial charge in [0, 0.05) is 30.1 Å². The molecule has 0 atom stereocenters. The maximum atomic E-state index is 12.3. The van der Waals surface area contributed by atoms with Crippen LogP contribution in [0, 0.1) is 0 Å². The van der Waals surface area contributed by atoms with E-state index in [0.717, 1.165) is 25.9 Å². The highest BCUT2D eigenvalue weighted by Crippen LogP contribution is 2.28. The van der Waals surface area contributed by atoms with Gasteiger partial charge in [-0.25, -0.2) is 13.1 Å². The van der Waals surface area contributed by atoms with E-state index in [2.05, 4.69) is 25.6 Å². The molecule has 1 aliphatic rings. The summed E-state index contributed by atoms with van der Waals surface area (Å²) in [6, 6.07) is 1.71. The molecular formula is C11H16BrN3O2S3. The molecule has 0 amide bonds. The normalized spacial score (nSPS) is 18.2. The van der Waals surface area contributed by atoms with E-state index in [9.17, 15) is 8.42 Å². The Morgan fingerprint density at radius 3 is 2.70 bits per heavy atom. The van der Waals surface area contributed by atoms with Gasteiger partial charge < -0.3 is 5.73 Å². The van der Waals surface area contributed by atoms with E-state index in [-0.39, 0.29) is 6.04 Å². The molecule has 1 fully saturated rings. The van der Waals surface area contributed by atoms with Gasteiger partial charge in [-0.2, -0.15) is 0 Å². The highest BCUT2D eigenvalue weighted by atomic mass is 79.9. The highest BCUT2D eigenvalue weighted by Gasteiger charge is 2.26. The van der Waals surface area contributed by atoms with Gasteiger partial charge >= 0.3 is 0 Å². The Morgan fingerprint density at radius 2 is 2.20 bits per heavy atom. The predicted octanol–water partition coefficient (Wildman–Crippen LogP) is 1.54. The molecule has 0 radical (unpaired) electrons. The number of hydrogen-bond acceptors (Lipinski definition) is 5. The quantitative estimate of drug-likeness (QED) is 0.736. The van der Waals surface area contributed by atoms with Gasteiger partial charge in [0.05, 0.1) is 4.99 Å². The van der Waals surface area contributed by atoms with Crippen LogP contribution in [-0.2, 0) is 10.0 Å². The zero-order valence-corrected chi connectivity index (χ0v) is 14.7. The highest BCUT2D eigenvalue weighted by molar-refractivity contribution is 9.10. The summed E-state index contributed by atoms with van der Waals surface area (Å²) in [7, 11) is -3.44. The Labute approximate surface area is 136 Å². The fourth-order valence-electron chi connectivity index (χ4n) is 2.17. The minimum Gasteiger partial charge on any atom is -0.392 e. The standard InChI is InChI=1S/C11H16BrN3O2S3/c12-9-3-6-19-11(9)20(16,17)14-8-1-4-15(5-2-8)7-10(13)18/h3,6,8,14H,1-2,4-5,7H2,(H2,13,18). The number of piperidine rings is 1. The zero-order valence-electron chi connectivity index (χ0n) is 10.7. The number of nitrogens with zero attached hydrogens (tertiary/aromatic N) is 1. The summed E-state index contributed by atoms with van der Waals surface area (Å²) >= 11 is 9.35. The Hall–Kier alpha value is -0.0600. The number of nitrogens with one attached hydrogen (secondary N) is 1. The lowest BCUT2D eigenvalue weighted by Crippen LogP contribution is -2.46. The van der Waals surface area contributed by atoms with E-state index < -0.39 is 10.0 Å². The molecular weight excluding hydrogens is 382 g/mol. The summed E-state index contributed by atoms with van der Waals surface area (Å²) in [4.78, 5) is 2.63. The first-order chi connectivity index (χ1) is 9.38. The van der Waals surface area contributed by atoms with Gasteiger partial charge in [0.15, 0.2) is 0 Å². The Balaban J connectivity index is 1.93. The minimum atomic E-state index is -3.44. The number of rotatable bonds is 5. The number of thiocarbonyl (C=S) groups is 1. The Bertz CT molecular complexity index is 579. The van der Waals surface area contributed by atoms with Gasteiger partial charge in [0.2, 0.25) is 0 Å². The van der Waals surface area contributed by atoms with Crippen LogP contribution in [0.4, 0.5) is 0 Å². The number of hydrogen-bond donors (Lipinski definition) is 2. The van der Waals surface area contributed by atoms with Crippen LogP contribution in [0.25, 0.3) is 0 Å². The van der Waals surface area contributed by atoms with E-state index >= 15 is 0 Å². The van der Waals surface area contributed by atoms with E-state index in [1.165, 1.54) is 11.3 Å². The summed E-state index contributed by atoms with van der Waals surface area (Å²) in [6.07, 6.45) is 1.54. The molecule has 9 heteroatoms. The minimum absolute atomic E-state index is 0.0309. The molecule has 5 nitrogen and oxygen atoms in total. The van der Waals surface area contributed by atoms with E-state index in [0.29, 0.717) is 20.2 Å². The summed E-state index contributed by atoms with van der Waals surface area (Å²) in [5.41, 5.74) is 5.51. The third kappa shape index (κ3) is 4.22. The molecule has 1 aliphatic heterocycles. The van der Waals surface area contributed by atoms with Crippen molar-refractivity contribution in [2.45, 2.75) is 23.1 Å². The zero-order chi connectivity index (χ0) is 14.8. The molecule has 1 aromatic rings. The first-order valence-electron chi connectivity index (χ1n) is 6.14. The van der Waals surface area contributed by atoms with Crippen LogP contribution in [0.3, 0.4) is 0 Å². The van der Waals surface area contributed by atoms with Crippen LogP contribution in [0.15, 0.2) is 20.1 Å². The molecule has 1 aromatic heterocycles. The van der Waals surface area contributed by atoms with Gasteiger partial charge in [-0.3, -0.25) is 4.90 Å². The van der Waals surface area contributed by atoms with Gasteiger partial charge in [0.1, 0.15) is 4.21 Å². The summed E-state index contributed by atoms with van der Waals surface area (Å²) < 4.78 is 28.2. The maximum absolute atomic E-state index is 12.3. The fraction of sp³-hybridized carbons (Fsp3) is 0.545. The Kier molecular flexibility index (Phi) is 5.55. The Morgan fingerprint density at radius 1 is 1.55 bits per heavy atom. The molecule has 112 valence electrons. The van der Waals surface area contributed by atoms with Crippen molar-refractivity contribution in [2.75, 3.05) is 19.6 Å². The van der Waals surface area contributed by atoms with Gasteiger partial charge in [0.25, 0.3) is 10.0 Å². The number of halogens is 1. The third-order valence-electron chi connectivity index (χ3n) is 3.12. The molecule has 0 spiro atoms. The molecule has 3 N–H and O–H groups in total.